The van der Waals surface area contributed by atoms with Crippen molar-refractivity contribution >= 4 is 24.0 Å². The molecule has 1 saturated heterocycles. The first-order chi connectivity index (χ1) is 9.78. The van der Waals surface area contributed by atoms with Crippen LogP contribution in [0.15, 0.2) is 23.0 Å². The number of hydrogen-bond donors (Lipinski definition) is 0. The van der Waals surface area contributed by atoms with Crippen LogP contribution < -0.4 is 0 Å². The summed E-state index contributed by atoms with van der Waals surface area (Å²) in [6, 6.07) is 4.28. The zero-order chi connectivity index (χ0) is 15.7. The van der Waals surface area contributed by atoms with E-state index in [-0.39, 0.29) is 18.3 Å². The largest absolute Gasteiger partial charge is 0.490 e. The summed E-state index contributed by atoms with van der Waals surface area (Å²) in [5.41, 5.74) is 2.07. The van der Waals surface area contributed by atoms with Crippen molar-refractivity contribution in [2.75, 3.05) is 0 Å². The minimum absolute atomic E-state index is 0.219. The van der Waals surface area contributed by atoms with Crippen molar-refractivity contribution < 1.29 is 9.31 Å². The van der Waals surface area contributed by atoms with E-state index < -0.39 is 0 Å². The molecule has 0 unspecified atom stereocenters. The van der Waals surface area contributed by atoms with Crippen LogP contribution in [0.2, 0.25) is 0 Å². The zero-order valence-electron chi connectivity index (χ0n) is 14.2. The van der Waals surface area contributed by atoms with Gasteiger partial charge in [0.2, 0.25) is 0 Å². The third-order valence-corrected chi connectivity index (χ3v) is 5.70. The number of unbranched alkanes of at least 4 members (excludes halogenated alkanes) is 1. The van der Waals surface area contributed by atoms with Gasteiger partial charge in [-0.15, -0.1) is 11.3 Å². The fourth-order valence-corrected chi connectivity index (χ4v) is 3.25. The summed E-state index contributed by atoms with van der Waals surface area (Å²) in [7, 11) is -0.219. The molecule has 2 rings (SSSR count). The first kappa shape index (κ1) is 16.8. The Morgan fingerprint density at radius 2 is 1.81 bits per heavy atom. The molecule has 0 amide bonds. The molecule has 21 heavy (non-hydrogen) atoms. The van der Waals surface area contributed by atoms with Gasteiger partial charge in [-0.2, -0.15) is 0 Å². The van der Waals surface area contributed by atoms with Gasteiger partial charge in [-0.25, -0.2) is 0 Å². The maximum Gasteiger partial charge on any atom is 0.490 e. The minimum atomic E-state index is -0.273. The van der Waals surface area contributed by atoms with Crippen molar-refractivity contribution in [3.05, 3.63) is 27.9 Å². The average Bonchev–Trinajstić information content (AvgIpc) is 2.97. The highest BCUT2D eigenvalue weighted by molar-refractivity contribution is 7.11. The summed E-state index contributed by atoms with van der Waals surface area (Å²) in [6.07, 6.45) is 3.39. The molecule has 1 aliphatic heterocycles. The molecule has 1 aromatic heterocycles. The quantitative estimate of drug-likeness (QED) is 0.683. The Hall–Kier alpha value is -0.575. The van der Waals surface area contributed by atoms with Crippen molar-refractivity contribution in [3.8, 4) is 0 Å². The van der Waals surface area contributed by atoms with Gasteiger partial charge >= 0.3 is 7.12 Å². The van der Waals surface area contributed by atoms with Crippen LogP contribution in [0.3, 0.4) is 0 Å². The third kappa shape index (κ3) is 3.44. The lowest BCUT2D eigenvalue weighted by Crippen LogP contribution is -2.41. The Bertz CT molecular complexity index is 487. The van der Waals surface area contributed by atoms with E-state index in [1.807, 2.05) is 0 Å². The normalized spacial score (nSPS) is 21.5. The van der Waals surface area contributed by atoms with E-state index in [1.54, 1.807) is 11.3 Å². The van der Waals surface area contributed by atoms with Gasteiger partial charge in [-0.3, -0.25) is 0 Å². The van der Waals surface area contributed by atoms with Gasteiger partial charge < -0.3 is 9.31 Å². The smallest absolute Gasteiger partial charge is 0.400 e. The summed E-state index contributed by atoms with van der Waals surface area (Å²) in [4.78, 5) is 1.32. The second-order valence-electron chi connectivity index (χ2n) is 6.82. The summed E-state index contributed by atoms with van der Waals surface area (Å²) in [5.74, 6) is 0. The molecule has 0 N–H and O–H groups in total. The van der Waals surface area contributed by atoms with Crippen LogP contribution in [0.1, 0.15) is 65.7 Å². The van der Waals surface area contributed by atoms with E-state index in [0.717, 1.165) is 6.42 Å². The Morgan fingerprint density at radius 1 is 1.19 bits per heavy atom. The molecule has 1 aromatic rings. The Labute approximate surface area is 133 Å². The van der Waals surface area contributed by atoms with Crippen LogP contribution in [0, 0.1) is 0 Å². The van der Waals surface area contributed by atoms with Gasteiger partial charge in [0, 0.05) is 4.88 Å². The highest BCUT2D eigenvalue weighted by Gasteiger charge is 2.52. The van der Waals surface area contributed by atoms with Crippen molar-refractivity contribution in [3.63, 3.8) is 0 Å². The highest BCUT2D eigenvalue weighted by Crippen LogP contribution is 2.41. The molecule has 0 aromatic carbocycles. The van der Waals surface area contributed by atoms with E-state index in [1.165, 1.54) is 28.8 Å². The van der Waals surface area contributed by atoms with E-state index >= 15 is 0 Å². The van der Waals surface area contributed by atoms with Gasteiger partial charge in [-0.1, -0.05) is 25.8 Å². The number of hydrogen-bond acceptors (Lipinski definition) is 3. The topological polar surface area (TPSA) is 18.5 Å². The van der Waals surface area contributed by atoms with Crippen LogP contribution in [0.5, 0.6) is 0 Å². The van der Waals surface area contributed by atoms with Crippen LogP contribution in [0.4, 0.5) is 0 Å². The van der Waals surface area contributed by atoms with Crippen LogP contribution >= 0.6 is 11.3 Å². The SMILES string of the molecule is CCCC/C(B1OC(C)(C)C(C)(C)O1)=C(/C)c1cccs1. The Balaban J connectivity index is 2.32. The molecule has 0 saturated carbocycles. The molecule has 1 fully saturated rings. The molecule has 2 nitrogen and oxygen atoms in total. The van der Waals surface area contributed by atoms with Crippen LogP contribution in [-0.4, -0.2) is 18.3 Å². The van der Waals surface area contributed by atoms with Crippen molar-refractivity contribution in [2.45, 2.75) is 72.0 Å². The molecular weight excluding hydrogens is 279 g/mol. The molecule has 0 bridgehead atoms. The third-order valence-electron chi connectivity index (χ3n) is 4.71. The summed E-state index contributed by atoms with van der Waals surface area (Å²) < 4.78 is 12.5. The molecule has 0 aliphatic carbocycles. The van der Waals surface area contributed by atoms with E-state index in [0.29, 0.717) is 0 Å². The summed E-state index contributed by atoms with van der Waals surface area (Å²) in [5, 5.41) is 2.13. The van der Waals surface area contributed by atoms with Crippen LogP contribution in [0.25, 0.3) is 5.57 Å². The second-order valence-corrected chi connectivity index (χ2v) is 7.77. The minimum Gasteiger partial charge on any atom is -0.400 e. The summed E-state index contributed by atoms with van der Waals surface area (Å²) in [6.45, 7) is 12.9. The average molecular weight is 306 g/mol. The van der Waals surface area contributed by atoms with Crippen molar-refractivity contribution in [1.29, 1.82) is 0 Å². The van der Waals surface area contributed by atoms with Gasteiger partial charge in [0.05, 0.1) is 11.2 Å². The van der Waals surface area contributed by atoms with Gasteiger partial charge in [0.15, 0.2) is 0 Å². The lowest BCUT2D eigenvalue weighted by atomic mass is 9.72. The highest BCUT2D eigenvalue weighted by atomic mass is 32.1. The molecular formula is C17H27BO2S. The molecule has 0 spiro atoms. The molecule has 0 radical (unpaired) electrons. The lowest BCUT2D eigenvalue weighted by Gasteiger charge is -2.32. The molecule has 1 aliphatic rings. The second kappa shape index (κ2) is 6.27. The molecule has 0 atom stereocenters. The zero-order valence-corrected chi connectivity index (χ0v) is 15.0. The standard InChI is InChI=1S/C17H27BO2S/c1-7-8-10-14(13(2)15-11-9-12-21-15)18-19-16(3,4)17(5,6)20-18/h9,11-12H,7-8,10H2,1-6H3/b14-13+. The van der Waals surface area contributed by atoms with Gasteiger partial charge in [0.25, 0.3) is 0 Å². The number of rotatable bonds is 5. The molecule has 116 valence electrons. The Kier molecular flexibility index (Phi) is 5.01. The maximum absolute atomic E-state index is 6.27. The molecule has 2 heterocycles. The first-order valence-corrected chi connectivity index (χ1v) is 8.75. The fourth-order valence-electron chi connectivity index (χ4n) is 2.48. The first-order valence-electron chi connectivity index (χ1n) is 7.87. The fraction of sp³-hybridized carbons (Fsp3) is 0.647. The predicted octanol–water partition coefficient (Wildman–Crippen LogP) is 5.34. The van der Waals surface area contributed by atoms with Gasteiger partial charge in [-0.05, 0) is 63.5 Å². The van der Waals surface area contributed by atoms with Crippen molar-refractivity contribution in [2.24, 2.45) is 0 Å². The predicted molar refractivity (Wildman–Crippen MR) is 92.5 cm³/mol. The van der Waals surface area contributed by atoms with E-state index in [2.05, 4.69) is 59.1 Å². The van der Waals surface area contributed by atoms with Crippen molar-refractivity contribution in [1.82, 2.24) is 0 Å². The Morgan fingerprint density at radius 3 is 2.29 bits per heavy atom. The van der Waals surface area contributed by atoms with Crippen LogP contribution in [-0.2, 0) is 9.31 Å². The lowest BCUT2D eigenvalue weighted by molar-refractivity contribution is 0.00578. The number of allylic oxidation sites excluding steroid dienone is 2. The van der Waals surface area contributed by atoms with E-state index in [9.17, 15) is 0 Å². The maximum atomic E-state index is 6.27. The van der Waals surface area contributed by atoms with Gasteiger partial charge in [0.1, 0.15) is 0 Å². The summed E-state index contributed by atoms with van der Waals surface area (Å²) >= 11 is 1.78. The van der Waals surface area contributed by atoms with E-state index in [4.69, 9.17) is 9.31 Å². The molecule has 4 heteroatoms. The monoisotopic (exact) mass is 306 g/mol. The number of thiophene rings is 1.